The zero-order valence-corrected chi connectivity index (χ0v) is 18.9. The Hall–Kier alpha value is -1.51. The summed E-state index contributed by atoms with van der Waals surface area (Å²) in [6.45, 7) is -0.819. The highest BCUT2D eigenvalue weighted by Gasteiger charge is 2.54. The van der Waals surface area contributed by atoms with Gasteiger partial charge in [0.25, 0.3) is 0 Å². The Kier molecular flexibility index (Phi) is 4.58. The smallest absolute Gasteiger partial charge is 0.319 e. The normalized spacial score (nSPS) is 35.8. The number of hydrogen-bond donors (Lipinski definition) is 0. The molecule has 1 unspecified atom stereocenters. The fraction of sp³-hybridized carbons (Fsp3) is 0.682. The second-order valence-electron chi connectivity index (χ2n) is 9.33. The second kappa shape index (κ2) is 7.77. The summed E-state index contributed by atoms with van der Waals surface area (Å²) in [7, 11) is 0. The summed E-state index contributed by atoms with van der Waals surface area (Å²) >= 11 is 12.5. The molecule has 0 N–H and O–H groups in total. The molecule has 4 fully saturated rings. The minimum Gasteiger partial charge on any atom is -0.461 e. The summed E-state index contributed by atoms with van der Waals surface area (Å²) < 4.78 is 52.7. The van der Waals surface area contributed by atoms with Gasteiger partial charge in [0, 0.05) is 25.7 Å². The first-order valence-electron chi connectivity index (χ1n) is 12.2. The van der Waals surface area contributed by atoms with E-state index in [2.05, 4.69) is 15.0 Å². The van der Waals surface area contributed by atoms with E-state index in [9.17, 15) is 4.39 Å². The van der Waals surface area contributed by atoms with Crippen LogP contribution in [0.4, 0.5) is 14.6 Å². The maximum atomic E-state index is 15.1. The Morgan fingerprint density at radius 3 is 3.03 bits per heavy atom. The molecule has 0 aromatic carbocycles. The van der Waals surface area contributed by atoms with E-state index < -0.39 is 24.1 Å². The molecule has 2 aromatic heterocycles. The topological polar surface area (TPSA) is 54.4 Å². The number of rotatable bonds is 4. The van der Waals surface area contributed by atoms with E-state index in [0.29, 0.717) is 36.6 Å². The molecular weight excluding hydrogens is 459 g/mol. The molecule has 0 amide bonds. The SMILES string of the molecule is [2H]C([2H])(Oc1nc(N2CCCC[C@@H]3C2[C@H]3Cl)c2cnc(Cl)c(F)c2n1)[C@@]12CCCN1C[C@H](F)C2. The quantitative estimate of drug-likeness (QED) is 0.473. The van der Waals surface area contributed by atoms with Gasteiger partial charge < -0.3 is 9.64 Å². The van der Waals surface area contributed by atoms with E-state index in [0.717, 1.165) is 25.7 Å². The van der Waals surface area contributed by atoms with Crippen LogP contribution in [0.3, 0.4) is 0 Å². The van der Waals surface area contributed by atoms with Gasteiger partial charge in [-0.05, 0) is 38.1 Å². The first-order valence-corrected chi connectivity index (χ1v) is 12.0. The third-order valence-corrected chi connectivity index (χ3v) is 8.23. The lowest BCUT2D eigenvalue weighted by Crippen LogP contribution is -2.43. The maximum absolute atomic E-state index is 15.1. The molecular formula is C22H25Cl2F2N5O. The van der Waals surface area contributed by atoms with Crippen molar-refractivity contribution >= 4 is 39.9 Å². The van der Waals surface area contributed by atoms with E-state index in [1.54, 1.807) is 0 Å². The summed E-state index contributed by atoms with van der Waals surface area (Å²) in [5.41, 5.74) is -1.19. The monoisotopic (exact) mass is 485 g/mol. The van der Waals surface area contributed by atoms with Crippen LogP contribution in [0.1, 0.15) is 41.3 Å². The zero-order valence-electron chi connectivity index (χ0n) is 19.4. The molecule has 1 aliphatic carbocycles. The number of aromatic nitrogens is 3. The number of ether oxygens (including phenoxy) is 1. The van der Waals surface area contributed by atoms with E-state index in [4.69, 9.17) is 30.7 Å². The highest BCUT2D eigenvalue weighted by Crippen LogP contribution is 2.49. The van der Waals surface area contributed by atoms with Gasteiger partial charge >= 0.3 is 6.01 Å². The molecule has 6 nitrogen and oxygen atoms in total. The molecule has 1 saturated carbocycles. The number of anilines is 1. The summed E-state index contributed by atoms with van der Waals surface area (Å²) in [6, 6.07) is -0.249. The minimum absolute atomic E-state index is 0.0304. The minimum atomic E-state index is -2.28. The molecule has 5 heterocycles. The summed E-state index contributed by atoms with van der Waals surface area (Å²) in [6.07, 6.45) is 4.55. The molecule has 10 heteroatoms. The van der Waals surface area contributed by atoms with Gasteiger partial charge in [-0.3, -0.25) is 4.90 Å². The number of alkyl halides is 2. The second-order valence-corrected chi connectivity index (χ2v) is 10.2. The van der Waals surface area contributed by atoms with Gasteiger partial charge in [0.15, 0.2) is 11.0 Å². The first-order chi connectivity index (χ1) is 16.2. The van der Waals surface area contributed by atoms with Crippen LogP contribution in [0.25, 0.3) is 10.9 Å². The Bertz CT molecular complexity index is 1150. The molecule has 2 aromatic rings. The summed E-state index contributed by atoms with van der Waals surface area (Å²) in [5.74, 6) is -0.0846. The summed E-state index contributed by atoms with van der Waals surface area (Å²) in [4.78, 5) is 16.6. The number of hydrogen-bond acceptors (Lipinski definition) is 6. The largest absolute Gasteiger partial charge is 0.461 e. The summed E-state index contributed by atoms with van der Waals surface area (Å²) in [5, 5.41) is 0.00633. The van der Waals surface area contributed by atoms with Gasteiger partial charge in [-0.2, -0.15) is 9.97 Å². The van der Waals surface area contributed by atoms with Gasteiger partial charge in [0.2, 0.25) is 0 Å². The van der Waals surface area contributed by atoms with E-state index in [-0.39, 0.29) is 41.1 Å². The van der Waals surface area contributed by atoms with Gasteiger partial charge in [0.05, 0.1) is 25.1 Å². The fourth-order valence-corrected chi connectivity index (χ4v) is 6.42. The van der Waals surface area contributed by atoms with Crippen LogP contribution >= 0.6 is 23.2 Å². The Labute approximate surface area is 198 Å². The molecule has 3 aliphatic heterocycles. The lowest BCUT2D eigenvalue weighted by molar-refractivity contribution is 0.107. The predicted molar refractivity (Wildman–Crippen MR) is 119 cm³/mol. The molecule has 0 radical (unpaired) electrons. The number of nitrogens with zero attached hydrogens (tertiary/aromatic N) is 5. The highest BCUT2D eigenvalue weighted by atomic mass is 35.5. The van der Waals surface area contributed by atoms with Crippen LogP contribution in [0.15, 0.2) is 6.20 Å². The van der Waals surface area contributed by atoms with Crippen molar-refractivity contribution in [2.45, 2.75) is 61.7 Å². The van der Waals surface area contributed by atoms with Crippen LogP contribution in [-0.4, -0.2) is 69.2 Å². The van der Waals surface area contributed by atoms with Crippen molar-refractivity contribution in [2.75, 3.05) is 31.1 Å². The van der Waals surface area contributed by atoms with Crippen LogP contribution in [0, 0.1) is 11.7 Å². The van der Waals surface area contributed by atoms with Crippen LogP contribution in [0.5, 0.6) is 6.01 Å². The first kappa shape index (κ1) is 18.9. The molecule has 4 aliphatic rings. The van der Waals surface area contributed by atoms with E-state index in [1.165, 1.54) is 6.20 Å². The van der Waals surface area contributed by atoms with Crippen molar-refractivity contribution in [1.82, 2.24) is 19.9 Å². The number of fused-ring (bicyclic) bond motifs is 3. The number of pyridine rings is 1. The molecule has 3 saturated heterocycles. The molecule has 6 rings (SSSR count). The van der Waals surface area contributed by atoms with Gasteiger partial charge in [0.1, 0.15) is 24.1 Å². The lowest BCUT2D eigenvalue weighted by Gasteiger charge is -2.31. The Morgan fingerprint density at radius 2 is 2.16 bits per heavy atom. The molecule has 0 bridgehead atoms. The molecule has 172 valence electrons. The number of halogens is 4. The van der Waals surface area contributed by atoms with Gasteiger partial charge in [-0.25, -0.2) is 13.8 Å². The van der Waals surface area contributed by atoms with Crippen LogP contribution < -0.4 is 9.64 Å². The third-order valence-electron chi connectivity index (χ3n) is 7.39. The van der Waals surface area contributed by atoms with E-state index in [1.807, 2.05) is 9.80 Å². The highest BCUT2D eigenvalue weighted by molar-refractivity contribution is 6.30. The van der Waals surface area contributed by atoms with Gasteiger partial charge in [-0.15, -0.1) is 11.6 Å². The van der Waals surface area contributed by atoms with Crippen molar-refractivity contribution in [1.29, 1.82) is 0 Å². The third kappa shape index (κ3) is 3.32. The van der Waals surface area contributed by atoms with Crippen LogP contribution in [-0.2, 0) is 0 Å². The predicted octanol–water partition coefficient (Wildman–Crippen LogP) is 4.37. The van der Waals surface area contributed by atoms with Crippen molar-refractivity contribution < 1.29 is 16.3 Å². The maximum Gasteiger partial charge on any atom is 0.319 e. The molecule has 5 atom stereocenters. The lowest BCUT2D eigenvalue weighted by atomic mass is 9.95. The molecule has 0 spiro atoms. The Balaban J connectivity index is 1.44. The average Bonchev–Trinajstić information content (AvgIpc) is 3.14. The average molecular weight is 486 g/mol. The van der Waals surface area contributed by atoms with Crippen molar-refractivity contribution in [3.63, 3.8) is 0 Å². The van der Waals surface area contributed by atoms with Crippen LogP contribution in [0.2, 0.25) is 5.15 Å². The molecule has 32 heavy (non-hydrogen) atoms. The van der Waals surface area contributed by atoms with E-state index >= 15 is 4.39 Å². The van der Waals surface area contributed by atoms with Gasteiger partial charge in [-0.1, -0.05) is 18.0 Å². The fourth-order valence-electron chi connectivity index (χ4n) is 5.77. The standard InChI is InChI=1S/C22H25Cl2F2N5O/c23-15-13-4-1-2-7-31(18(13)15)20-14-9-27-19(24)16(26)17(14)28-21(29-20)32-11-22-5-3-6-30(22)10-12(25)8-22/h9,12-13,15,18H,1-8,10-11H2/t12-,13+,15+,18?,22+/m1/s1/i11D2. The van der Waals surface area contributed by atoms with Crippen molar-refractivity contribution in [2.24, 2.45) is 5.92 Å². The Morgan fingerprint density at radius 1 is 1.28 bits per heavy atom. The van der Waals surface area contributed by atoms with Crippen molar-refractivity contribution in [3.8, 4) is 6.01 Å². The van der Waals surface area contributed by atoms with Crippen molar-refractivity contribution in [3.05, 3.63) is 17.2 Å². The zero-order chi connectivity index (χ0) is 23.8.